The molecule has 1 rings (SSSR count). The SMILES string of the molecule is C=C/C=C\C(=C/C=C)c1cnc(=C/C)/c(=C\C)n1. The van der Waals surface area contributed by atoms with Crippen LogP contribution in [0.4, 0.5) is 0 Å². The zero-order valence-electron chi connectivity index (χ0n) is 10.9. The van der Waals surface area contributed by atoms with E-state index in [0.29, 0.717) is 0 Å². The van der Waals surface area contributed by atoms with E-state index in [1.165, 1.54) is 0 Å². The van der Waals surface area contributed by atoms with Gasteiger partial charge in [-0.15, -0.1) is 0 Å². The second-order valence-electron chi connectivity index (χ2n) is 3.56. The Kier molecular flexibility index (Phi) is 5.52. The molecule has 1 aromatic heterocycles. The molecule has 2 nitrogen and oxygen atoms in total. The molecule has 0 bridgehead atoms. The van der Waals surface area contributed by atoms with E-state index in [2.05, 4.69) is 23.1 Å². The van der Waals surface area contributed by atoms with E-state index in [1.807, 2.05) is 44.2 Å². The molecule has 92 valence electrons. The lowest BCUT2D eigenvalue weighted by Crippen LogP contribution is -2.31. The Morgan fingerprint density at radius 2 is 1.83 bits per heavy atom. The summed E-state index contributed by atoms with van der Waals surface area (Å²) in [5, 5.41) is 1.78. The quantitative estimate of drug-likeness (QED) is 0.753. The van der Waals surface area contributed by atoms with Gasteiger partial charge in [0, 0.05) is 5.57 Å². The van der Waals surface area contributed by atoms with Crippen LogP contribution in [-0.4, -0.2) is 9.97 Å². The summed E-state index contributed by atoms with van der Waals surface area (Å²) in [7, 11) is 0. The average Bonchev–Trinajstić information content (AvgIpc) is 2.42. The van der Waals surface area contributed by atoms with E-state index in [-0.39, 0.29) is 0 Å². The van der Waals surface area contributed by atoms with Crippen molar-refractivity contribution in [1.82, 2.24) is 9.97 Å². The molecule has 2 heteroatoms. The smallest absolute Gasteiger partial charge is 0.0892 e. The Labute approximate surface area is 108 Å². The molecule has 0 unspecified atom stereocenters. The monoisotopic (exact) mass is 238 g/mol. The van der Waals surface area contributed by atoms with Crippen LogP contribution in [0, 0.1) is 0 Å². The van der Waals surface area contributed by atoms with E-state index < -0.39 is 0 Å². The van der Waals surface area contributed by atoms with Gasteiger partial charge in [0.15, 0.2) is 0 Å². The minimum atomic E-state index is 0.826. The summed E-state index contributed by atoms with van der Waals surface area (Å²) >= 11 is 0. The van der Waals surface area contributed by atoms with Gasteiger partial charge in [-0.2, -0.15) is 0 Å². The molecule has 0 N–H and O–H groups in total. The molecule has 0 fully saturated rings. The van der Waals surface area contributed by atoms with Gasteiger partial charge in [-0.3, -0.25) is 4.98 Å². The minimum Gasteiger partial charge on any atom is -0.253 e. The van der Waals surface area contributed by atoms with Crippen LogP contribution in [0.5, 0.6) is 0 Å². The van der Waals surface area contributed by atoms with Gasteiger partial charge in [-0.25, -0.2) is 4.98 Å². The van der Waals surface area contributed by atoms with Gasteiger partial charge in [0.1, 0.15) is 0 Å². The summed E-state index contributed by atoms with van der Waals surface area (Å²) in [5.74, 6) is 0. The van der Waals surface area contributed by atoms with Crippen LogP contribution in [0.3, 0.4) is 0 Å². The second kappa shape index (κ2) is 7.17. The third kappa shape index (κ3) is 3.39. The number of allylic oxidation sites excluding steroid dienone is 6. The molecule has 0 atom stereocenters. The summed E-state index contributed by atoms with van der Waals surface area (Å²) in [4.78, 5) is 8.98. The van der Waals surface area contributed by atoms with Crippen LogP contribution in [-0.2, 0) is 0 Å². The van der Waals surface area contributed by atoms with E-state index in [9.17, 15) is 0 Å². The molecule has 0 spiro atoms. The number of hydrogen-bond acceptors (Lipinski definition) is 2. The summed E-state index contributed by atoms with van der Waals surface area (Å²) in [5.41, 5.74) is 1.79. The van der Waals surface area contributed by atoms with Crippen LogP contribution in [0.1, 0.15) is 19.5 Å². The van der Waals surface area contributed by atoms with Gasteiger partial charge in [0.05, 0.1) is 22.6 Å². The highest BCUT2D eigenvalue weighted by Crippen LogP contribution is 2.10. The third-order valence-electron chi connectivity index (χ3n) is 2.38. The second-order valence-corrected chi connectivity index (χ2v) is 3.56. The van der Waals surface area contributed by atoms with Crippen molar-refractivity contribution < 1.29 is 0 Å². The highest BCUT2D eigenvalue weighted by Gasteiger charge is 1.99. The molecule has 0 amide bonds. The van der Waals surface area contributed by atoms with Crippen LogP contribution < -0.4 is 10.7 Å². The van der Waals surface area contributed by atoms with Gasteiger partial charge >= 0.3 is 0 Å². The predicted molar refractivity (Wildman–Crippen MR) is 79.1 cm³/mol. The molecule has 0 saturated heterocycles. The molecule has 1 heterocycles. The Bertz CT molecular complexity index is 604. The molecule has 1 aromatic rings. The van der Waals surface area contributed by atoms with Crippen molar-refractivity contribution in [3.05, 3.63) is 66.1 Å². The molecule has 18 heavy (non-hydrogen) atoms. The lowest BCUT2D eigenvalue weighted by Gasteiger charge is -2.00. The fourth-order valence-electron chi connectivity index (χ4n) is 1.51. The number of rotatable bonds is 4. The summed E-state index contributed by atoms with van der Waals surface area (Å²) in [6.07, 6.45) is 14.8. The normalized spacial score (nSPS) is 14.2. The third-order valence-corrected chi connectivity index (χ3v) is 2.38. The van der Waals surface area contributed by atoms with Crippen molar-refractivity contribution in [3.8, 4) is 0 Å². The molecular formula is C16H18N2. The van der Waals surface area contributed by atoms with Crippen molar-refractivity contribution in [1.29, 1.82) is 0 Å². The zero-order valence-corrected chi connectivity index (χ0v) is 10.9. The van der Waals surface area contributed by atoms with E-state index in [1.54, 1.807) is 18.3 Å². The van der Waals surface area contributed by atoms with Crippen molar-refractivity contribution in [2.75, 3.05) is 0 Å². The fourth-order valence-corrected chi connectivity index (χ4v) is 1.51. The molecule has 0 aliphatic rings. The van der Waals surface area contributed by atoms with E-state index in [0.717, 1.165) is 22.0 Å². The first-order valence-corrected chi connectivity index (χ1v) is 5.84. The maximum absolute atomic E-state index is 4.58. The maximum atomic E-state index is 4.58. The lowest BCUT2D eigenvalue weighted by molar-refractivity contribution is 1.07. The van der Waals surface area contributed by atoms with Gasteiger partial charge in [0.25, 0.3) is 0 Å². The number of nitrogens with zero attached hydrogens (tertiary/aromatic N) is 2. The van der Waals surface area contributed by atoms with Crippen molar-refractivity contribution >= 4 is 17.7 Å². The first-order valence-electron chi connectivity index (χ1n) is 5.84. The molecular weight excluding hydrogens is 220 g/mol. The summed E-state index contributed by atoms with van der Waals surface area (Å²) in [6.45, 7) is 11.3. The average molecular weight is 238 g/mol. The van der Waals surface area contributed by atoms with Gasteiger partial charge in [-0.1, -0.05) is 55.7 Å². The summed E-state index contributed by atoms with van der Waals surface area (Å²) < 4.78 is 0. The largest absolute Gasteiger partial charge is 0.253 e. The van der Waals surface area contributed by atoms with Crippen LogP contribution in [0.15, 0.2) is 49.7 Å². The molecule has 0 saturated carbocycles. The first-order chi connectivity index (χ1) is 8.76. The van der Waals surface area contributed by atoms with Crippen molar-refractivity contribution in [2.24, 2.45) is 0 Å². The van der Waals surface area contributed by atoms with Crippen LogP contribution in [0.2, 0.25) is 0 Å². The van der Waals surface area contributed by atoms with Crippen LogP contribution in [0.25, 0.3) is 17.7 Å². The highest BCUT2D eigenvalue weighted by molar-refractivity contribution is 5.72. The maximum Gasteiger partial charge on any atom is 0.0892 e. The van der Waals surface area contributed by atoms with Crippen molar-refractivity contribution in [3.63, 3.8) is 0 Å². The highest BCUT2D eigenvalue weighted by atomic mass is 14.8. The first kappa shape index (κ1) is 13.8. The fraction of sp³-hybridized carbons (Fsp3) is 0.125. The standard InChI is InChI=1S/C16H18N2/c1-5-9-11-13(10-6-2)16-12-17-14(7-3)15(8-4)18-16/h5-12H,1-2H2,3-4H3/b11-9-,13-10+,14-7+,15-8+. The van der Waals surface area contributed by atoms with E-state index >= 15 is 0 Å². The molecule has 0 aliphatic heterocycles. The summed E-state index contributed by atoms with van der Waals surface area (Å²) in [6, 6.07) is 0. The Hall–Kier alpha value is -2.22. The predicted octanol–water partition coefficient (Wildman–Crippen LogP) is 2.39. The number of aromatic nitrogens is 2. The Balaban J connectivity index is 3.40. The number of hydrogen-bond donors (Lipinski definition) is 0. The molecule has 0 radical (unpaired) electrons. The minimum absolute atomic E-state index is 0.826. The molecule has 0 aliphatic carbocycles. The van der Waals surface area contributed by atoms with Gasteiger partial charge in [-0.05, 0) is 13.8 Å². The van der Waals surface area contributed by atoms with E-state index in [4.69, 9.17) is 0 Å². The van der Waals surface area contributed by atoms with Gasteiger partial charge in [0.2, 0.25) is 0 Å². The molecule has 0 aromatic carbocycles. The van der Waals surface area contributed by atoms with Gasteiger partial charge < -0.3 is 0 Å². The zero-order chi connectivity index (χ0) is 13.4. The Morgan fingerprint density at radius 1 is 1.11 bits per heavy atom. The van der Waals surface area contributed by atoms with Crippen molar-refractivity contribution in [2.45, 2.75) is 13.8 Å². The lowest BCUT2D eigenvalue weighted by atomic mass is 10.1. The van der Waals surface area contributed by atoms with Crippen LogP contribution >= 0.6 is 0 Å². The topological polar surface area (TPSA) is 25.8 Å². The Morgan fingerprint density at radius 3 is 2.39 bits per heavy atom.